The molecule has 3 aromatic rings. The first-order chi connectivity index (χ1) is 9.20. The van der Waals surface area contributed by atoms with Gasteiger partial charge in [-0.05, 0) is 71.1 Å². The summed E-state index contributed by atoms with van der Waals surface area (Å²) in [5, 5.41) is 4.35. The fourth-order valence-electron chi connectivity index (χ4n) is 1.93. The number of hydrogen-bond donors (Lipinski definition) is 2. The fourth-order valence-corrected chi connectivity index (χ4v) is 2.47. The minimum Gasteiger partial charge on any atom is -0.399 e. The van der Waals surface area contributed by atoms with Crippen LogP contribution < -0.4 is 11.1 Å². The maximum atomic E-state index is 5.76. The summed E-state index contributed by atoms with van der Waals surface area (Å²) < 4.78 is 1.19. The molecule has 0 fully saturated rings. The average Bonchev–Trinajstić information content (AvgIpc) is 2.39. The van der Waals surface area contributed by atoms with E-state index in [9.17, 15) is 0 Å². The summed E-state index contributed by atoms with van der Waals surface area (Å²) in [5.74, 6) is 0.833. The number of nitrogens with one attached hydrogen (secondary N) is 1. The van der Waals surface area contributed by atoms with Crippen LogP contribution in [-0.4, -0.2) is 4.98 Å². The van der Waals surface area contributed by atoms with Crippen molar-refractivity contribution in [1.29, 1.82) is 0 Å². The number of hydrogen-bond acceptors (Lipinski definition) is 3. The molecule has 0 saturated carbocycles. The maximum Gasteiger partial charge on any atom is 0.131 e. The molecule has 3 rings (SSSR count). The van der Waals surface area contributed by atoms with Crippen molar-refractivity contribution in [3.63, 3.8) is 0 Å². The molecule has 0 aliphatic heterocycles. The van der Waals surface area contributed by atoms with E-state index in [1.807, 2.05) is 42.5 Å². The van der Waals surface area contributed by atoms with Gasteiger partial charge in [0.05, 0.1) is 5.52 Å². The quantitative estimate of drug-likeness (QED) is 0.532. The van der Waals surface area contributed by atoms with Crippen molar-refractivity contribution in [2.45, 2.75) is 0 Å². The molecular formula is C15H12IN3. The van der Waals surface area contributed by atoms with E-state index in [-0.39, 0.29) is 0 Å². The monoisotopic (exact) mass is 361 g/mol. The number of fused-ring (bicyclic) bond motifs is 1. The van der Waals surface area contributed by atoms with Crippen molar-refractivity contribution in [3.8, 4) is 0 Å². The molecule has 2 aromatic carbocycles. The van der Waals surface area contributed by atoms with Gasteiger partial charge in [0.15, 0.2) is 0 Å². The zero-order chi connectivity index (χ0) is 13.2. The van der Waals surface area contributed by atoms with Gasteiger partial charge in [0, 0.05) is 20.3 Å². The van der Waals surface area contributed by atoms with Crippen molar-refractivity contribution >= 4 is 50.7 Å². The first-order valence-corrected chi connectivity index (χ1v) is 6.97. The summed E-state index contributed by atoms with van der Waals surface area (Å²) in [7, 11) is 0. The third-order valence-electron chi connectivity index (χ3n) is 2.81. The molecular weight excluding hydrogens is 349 g/mol. The molecule has 4 heteroatoms. The number of pyridine rings is 1. The number of nitrogens with two attached hydrogens (primary N) is 1. The number of rotatable bonds is 2. The van der Waals surface area contributed by atoms with Crippen molar-refractivity contribution in [3.05, 3.63) is 58.2 Å². The Morgan fingerprint density at radius 3 is 2.74 bits per heavy atom. The zero-order valence-electron chi connectivity index (χ0n) is 10.1. The van der Waals surface area contributed by atoms with Gasteiger partial charge in [0.1, 0.15) is 5.82 Å². The predicted octanol–water partition coefficient (Wildman–Crippen LogP) is 4.17. The van der Waals surface area contributed by atoms with Gasteiger partial charge < -0.3 is 11.1 Å². The second-order valence-electron chi connectivity index (χ2n) is 4.28. The minimum absolute atomic E-state index is 0.757. The van der Waals surface area contributed by atoms with E-state index < -0.39 is 0 Å². The van der Waals surface area contributed by atoms with Crippen LogP contribution in [0.1, 0.15) is 0 Å². The molecule has 0 radical (unpaired) electrons. The molecule has 0 saturated heterocycles. The van der Waals surface area contributed by atoms with Gasteiger partial charge in [0.25, 0.3) is 0 Å². The molecule has 3 N–H and O–H groups in total. The van der Waals surface area contributed by atoms with Crippen LogP contribution >= 0.6 is 22.6 Å². The van der Waals surface area contributed by atoms with Crippen LogP contribution in [0.5, 0.6) is 0 Å². The van der Waals surface area contributed by atoms with Crippen LogP contribution in [0.4, 0.5) is 17.2 Å². The molecule has 0 bridgehead atoms. The summed E-state index contributed by atoms with van der Waals surface area (Å²) in [6, 6.07) is 17.9. The Morgan fingerprint density at radius 2 is 1.89 bits per heavy atom. The summed E-state index contributed by atoms with van der Waals surface area (Å²) >= 11 is 2.29. The van der Waals surface area contributed by atoms with Crippen LogP contribution in [0, 0.1) is 3.57 Å². The van der Waals surface area contributed by atoms with E-state index in [2.05, 4.69) is 45.0 Å². The Morgan fingerprint density at radius 1 is 1.00 bits per heavy atom. The number of aromatic nitrogens is 1. The highest BCUT2D eigenvalue weighted by Crippen LogP contribution is 2.21. The Labute approximate surface area is 125 Å². The molecule has 1 aromatic heterocycles. The minimum atomic E-state index is 0.757. The van der Waals surface area contributed by atoms with Crippen molar-refractivity contribution in [1.82, 2.24) is 4.98 Å². The Hall–Kier alpha value is -1.82. The Balaban J connectivity index is 1.95. The molecule has 0 aliphatic rings. The largest absolute Gasteiger partial charge is 0.399 e. The number of benzene rings is 2. The van der Waals surface area contributed by atoms with Gasteiger partial charge in [-0.25, -0.2) is 4.98 Å². The summed E-state index contributed by atoms with van der Waals surface area (Å²) in [6.45, 7) is 0. The lowest BCUT2D eigenvalue weighted by molar-refractivity contribution is 1.37. The van der Waals surface area contributed by atoms with Gasteiger partial charge >= 0.3 is 0 Å². The SMILES string of the molecule is Nc1ccc2nc(Nc3cccc(I)c3)ccc2c1. The molecule has 1 heterocycles. The van der Waals surface area contributed by atoms with Crippen LogP contribution in [-0.2, 0) is 0 Å². The van der Waals surface area contributed by atoms with E-state index in [0.717, 1.165) is 28.1 Å². The first-order valence-electron chi connectivity index (χ1n) is 5.89. The second-order valence-corrected chi connectivity index (χ2v) is 5.53. The molecule has 94 valence electrons. The standard InChI is InChI=1S/C15H12IN3/c16-11-2-1-3-13(9-11)18-15-7-4-10-8-12(17)5-6-14(10)19-15/h1-9H,17H2,(H,18,19). The number of anilines is 3. The topological polar surface area (TPSA) is 50.9 Å². The van der Waals surface area contributed by atoms with Crippen molar-refractivity contribution < 1.29 is 0 Å². The van der Waals surface area contributed by atoms with E-state index >= 15 is 0 Å². The van der Waals surface area contributed by atoms with Crippen molar-refractivity contribution in [2.24, 2.45) is 0 Å². The molecule has 19 heavy (non-hydrogen) atoms. The average molecular weight is 361 g/mol. The van der Waals surface area contributed by atoms with E-state index in [1.165, 1.54) is 3.57 Å². The van der Waals surface area contributed by atoms with Crippen molar-refractivity contribution in [2.75, 3.05) is 11.1 Å². The third-order valence-corrected chi connectivity index (χ3v) is 3.48. The smallest absolute Gasteiger partial charge is 0.131 e. The summed E-state index contributed by atoms with van der Waals surface area (Å²) in [6.07, 6.45) is 0. The van der Waals surface area contributed by atoms with E-state index in [4.69, 9.17) is 5.73 Å². The Bertz CT molecular complexity index is 740. The molecule has 3 nitrogen and oxygen atoms in total. The van der Waals surface area contributed by atoms with E-state index in [0.29, 0.717) is 0 Å². The molecule has 0 amide bonds. The second kappa shape index (κ2) is 5.05. The summed E-state index contributed by atoms with van der Waals surface area (Å²) in [5.41, 5.74) is 8.49. The fraction of sp³-hybridized carbons (Fsp3) is 0. The number of nitrogen functional groups attached to an aromatic ring is 1. The number of nitrogens with zero attached hydrogens (tertiary/aromatic N) is 1. The van der Waals surface area contributed by atoms with Gasteiger partial charge in [-0.1, -0.05) is 6.07 Å². The predicted molar refractivity (Wildman–Crippen MR) is 88.6 cm³/mol. The maximum absolute atomic E-state index is 5.76. The molecule has 0 aliphatic carbocycles. The highest BCUT2D eigenvalue weighted by molar-refractivity contribution is 14.1. The van der Waals surface area contributed by atoms with Crippen LogP contribution in [0.15, 0.2) is 54.6 Å². The highest BCUT2D eigenvalue weighted by atomic mass is 127. The van der Waals surface area contributed by atoms with Crippen LogP contribution in [0.2, 0.25) is 0 Å². The molecule has 0 atom stereocenters. The lowest BCUT2D eigenvalue weighted by Crippen LogP contribution is -1.94. The highest BCUT2D eigenvalue weighted by Gasteiger charge is 2.00. The third kappa shape index (κ3) is 2.78. The van der Waals surface area contributed by atoms with Gasteiger partial charge in [-0.2, -0.15) is 0 Å². The lowest BCUT2D eigenvalue weighted by Gasteiger charge is -2.07. The van der Waals surface area contributed by atoms with Crippen LogP contribution in [0.3, 0.4) is 0 Å². The molecule has 0 spiro atoms. The Kier molecular flexibility index (Phi) is 3.25. The first kappa shape index (κ1) is 12.2. The molecule has 0 unspecified atom stereocenters. The van der Waals surface area contributed by atoms with Gasteiger partial charge in [-0.3, -0.25) is 0 Å². The lowest BCUT2D eigenvalue weighted by atomic mass is 10.2. The normalized spacial score (nSPS) is 10.6. The van der Waals surface area contributed by atoms with Gasteiger partial charge in [-0.15, -0.1) is 0 Å². The summed E-state index contributed by atoms with van der Waals surface area (Å²) in [4.78, 5) is 4.57. The number of halogens is 1. The van der Waals surface area contributed by atoms with Gasteiger partial charge in [0.2, 0.25) is 0 Å². The van der Waals surface area contributed by atoms with E-state index in [1.54, 1.807) is 0 Å². The zero-order valence-corrected chi connectivity index (χ0v) is 12.3. The van der Waals surface area contributed by atoms with Crippen LogP contribution in [0.25, 0.3) is 10.9 Å².